The summed E-state index contributed by atoms with van der Waals surface area (Å²) in [6.07, 6.45) is 0. The van der Waals surface area contributed by atoms with Crippen molar-refractivity contribution in [2.75, 3.05) is 0 Å². The van der Waals surface area contributed by atoms with Crippen LogP contribution in [0.25, 0.3) is 121 Å². The Morgan fingerprint density at radius 3 is 1.85 bits per heavy atom. The number of hydrogen-bond donors (Lipinski definition) is 0. The van der Waals surface area contributed by atoms with Crippen molar-refractivity contribution in [1.29, 1.82) is 0 Å². The molecule has 1 aliphatic rings. The number of rotatable bonds is 3. The second-order valence-electron chi connectivity index (χ2n) is 14.8. The minimum atomic E-state index is 0.908. The summed E-state index contributed by atoms with van der Waals surface area (Å²) in [5, 5.41) is 9.67. The van der Waals surface area contributed by atoms with Gasteiger partial charge in [0.15, 0.2) is 0 Å². The van der Waals surface area contributed by atoms with Gasteiger partial charge in [0.05, 0.1) is 27.5 Å². The van der Waals surface area contributed by atoms with E-state index in [2.05, 4.69) is 191 Å². The Labute approximate surface area is 315 Å². The summed E-state index contributed by atoms with van der Waals surface area (Å²) in [5.41, 5.74) is 16.4. The summed E-state index contributed by atoms with van der Waals surface area (Å²) in [5.74, 6) is 0. The Balaban J connectivity index is 1.16. The Hall–Kier alpha value is -7.36. The summed E-state index contributed by atoms with van der Waals surface area (Å²) in [6, 6.07) is 66.4. The highest BCUT2D eigenvalue weighted by Gasteiger charge is 2.26. The average molecular weight is 699 g/mol. The molecule has 0 aliphatic heterocycles. The minimum Gasteiger partial charge on any atom is -0.455 e. The van der Waals surface area contributed by atoms with Gasteiger partial charge in [-0.2, -0.15) is 0 Å². The first-order valence-corrected chi connectivity index (χ1v) is 18.9. The van der Waals surface area contributed by atoms with E-state index in [0.29, 0.717) is 0 Å². The molecule has 3 nitrogen and oxygen atoms in total. The maximum atomic E-state index is 6.78. The highest BCUT2D eigenvalue weighted by atomic mass is 16.3. The van der Waals surface area contributed by atoms with Gasteiger partial charge in [-0.3, -0.25) is 0 Å². The summed E-state index contributed by atoms with van der Waals surface area (Å²) in [7, 11) is 0. The second-order valence-corrected chi connectivity index (χ2v) is 14.8. The van der Waals surface area contributed by atoms with Crippen LogP contribution < -0.4 is 0 Å². The predicted molar refractivity (Wildman–Crippen MR) is 230 cm³/mol. The molecule has 0 bridgehead atoms. The lowest BCUT2D eigenvalue weighted by molar-refractivity contribution is 0.673. The van der Waals surface area contributed by atoms with Crippen LogP contribution in [0.5, 0.6) is 0 Å². The fourth-order valence-corrected chi connectivity index (χ4v) is 9.72. The van der Waals surface area contributed by atoms with Crippen molar-refractivity contribution in [3.05, 3.63) is 182 Å². The van der Waals surface area contributed by atoms with Crippen LogP contribution in [0.1, 0.15) is 0 Å². The average Bonchev–Trinajstić information content (AvgIpc) is 3.98. The number of fused-ring (bicyclic) bond motifs is 14. The van der Waals surface area contributed by atoms with Crippen LogP contribution in [0, 0.1) is 0 Å². The molecule has 0 saturated carbocycles. The molecule has 0 amide bonds. The number of benzene rings is 9. The summed E-state index contributed by atoms with van der Waals surface area (Å²) in [4.78, 5) is 0. The largest absolute Gasteiger partial charge is 0.455 e. The lowest BCUT2D eigenvalue weighted by Gasteiger charge is -2.12. The van der Waals surface area contributed by atoms with Gasteiger partial charge in [-0.1, -0.05) is 121 Å². The quantitative estimate of drug-likeness (QED) is 0.180. The third kappa shape index (κ3) is 3.84. The Kier molecular flexibility index (Phi) is 5.63. The van der Waals surface area contributed by atoms with Crippen molar-refractivity contribution in [3.8, 4) is 44.8 Å². The molecule has 0 saturated heterocycles. The molecule has 55 heavy (non-hydrogen) atoms. The van der Waals surface area contributed by atoms with Gasteiger partial charge >= 0.3 is 0 Å². The van der Waals surface area contributed by atoms with E-state index in [-0.39, 0.29) is 0 Å². The molecular formula is C52H30N2O. The van der Waals surface area contributed by atoms with E-state index in [1.807, 2.05) is 0 Å². The number of furan rings is 1. The van der Waals surface area contributed by atoms with E-state index in [4.69, 9.17) is 4.42 Å². The van der Waals surface area contributed by atoms with Gasteiger partial charge in [0.25, 0.3) is 0 Å². The van der Waals surface area contributed by atoms with E-state index in [1.54, 1.807) is 0 Å². The fraction of sp³-hybridized carbons (Fsp3) is 0. The third-order valence-corrected chi connectivity index (χ3v) is 12.0. The van der Waals surface area contributed by atoms with E-state index < -0.39 is 0 Å². The molecule has 254 valence electrons. The van der Waals surface area contributed by atoms with Gasteiger partial charge in [0.2, 0.25) is 0 Å². The van der Waals surface area contributed by atoms with Gasteiger partial charge in [-0.15, -0.1) is 0 Å². The zero-order valence-electron chi connectivity index (χ0n) is 29.6. The molecule has 0 fully saturated rings. The Bertz CT molecular complexity index is 3570. The molecule has 12 aromatic rings. The molecule has 0 N–H and O–H groups in total. The molecule has 0 atom stereocenters. The molecule has 3 heteroatoms. The standard InChI is InChI=1S/C52H30N2O/c1-2-10-31(11-3-1)32-20-22-34(23-21-32)53-44-18-6-4-15-41(44)49-45(53)29-27-42-50-46(28-26-40-37-14-5-7-19-47(37)55-52(40)50)54(51(42)49)35-24-25-36-38-16-8-12-33-13-9-17-39(48(33)38)43(36)30-35/h1-30H. The molecule has 0 radical (unpaired) electrons. The first-order valence-electron chi connectivity index (χ1n) is 18.9. The highest BCUT2D eigenvalue weighted by molar-refractivity contribution is 6.31. The van der Waals surface area contributed by atoms with Crippen molar-refractivity contribution >= 4 is 76.3 Å². The van der Waals surface area contributed by atoms with Gasteiger partial charge in [-0.25, -0.2) is 0 Å². The Morgan fingerprint density at radius 1 is 0.345 bits per heavy atom. The predicted octanol–water partition coefficient (Wildman–Crippen LogP) is 14.2. The first-order chi connectivity index (χ1) is 27.3. The Morgan fingerprint density at radius 2 is 1.02 bits per heavy atom. The molecule has 3 aromatic heterocycles. The molecule has 1 aliphatic carbocycles. The van der Waals surface area contributed by atoms with Crippen molar-refractivity contribution in [3.63, 3.8) is 0 Å². The van der Waals surface area contributed by atoms with Gasteiger partial charge in [0.1, 0.15) is 11.2 Å². The lowest BCUT2D eigenvalue weighted by atomic mass is 10.0. The van der Waals surface area contributed by atoms with Crippen molar-refractivity contribution in [2.45, 2.75) is 0 Å². The SMILES string of the molecule is c1ccc(-c2ccc(-n3c4ccccc4c4c3ccc3c5c6oc7ccccc7c6ccc5n(-c5ccc6c(c5)-c5cccc7cccc-6c57)c34)cc2)cc1. The number of nitrogens with zero attached hydrogens (tertiary/aromatic N) is 2. The normalized spacial score (nSPS) is 12.4. The number of para-hydroxylation sites is 2. The van der Waals surface area contributed by atoms with Crippen LogP contribution in [-0.4, -0.2) is 9.13 Å². The molecule has 9 aromatic carbocycles. The number of aromatic nitrogens is 2. The maximum Gasteiger partial charge on any atom is 0.145 e. The highest BCUT2D eigenvalue weighted by Crippen LogP contribution is 2.50. The fourth-order valence-electron chi connectivity index (χ4n) is 9.72. The molecule has 0 unspecified atom stereocenters. The van der Waals surface area contributed by atoms with Crippen molar-refractivity contribution < 1.29 is 4.42 Å². The second kappa shape index (κ2) is 10.6. The van der Waals surface area contributed by atoms with E-state index >= 15 is 0 Å². The zero-order valence-corrected chi connectivity index (χ0v) is 29.6. The lowest BCUT2D eigenvalue weighted by Crippen LogP contribution is -1.96. The van der Waals surface area contributed by atoms with Crippen LogP contribution in [0.2, 0.25) is 0 Å². The molecule has 13 rings (SSSR count). The van der Waals surface area contributed by atoms with E-state index in [9.17, 15) is 0 Å². The number of hydrogen-bond acceptors (Lipinski definition) is 1. The topological polar surface area (TPSA) is 23.0 Å². The minimum absolute atomic E-state index is 0.908. The monoisotopic (exact) mass is 698 g/mol. The van der Waals surface area contributed by atoms with Gasteiger partial charge < -0.3 is 13.6 Å². The van der Waals surface area contributed by atoms with Crippen LogP contribution in [0.4, 0.5) is 0 Å². The molecule has 0 spiro atoms. The summed E-state index contributed by atoms with van der Waals surface area (Å²) >= 11 is 0. The van der Waals surface area contributed by atoms with Crippen LogP contribution >= 0.6 is 0 Å². The van der Waals surface area contributed by atoms with Crippen LogP contribution in [0.3, 0.4) is 0 Å². The summed E-state index contributed by atoms with van der Waals surface area (Å²) in [6.45, 7) is 0. The van der Waals surface area contributed by atoms with Crippen LogP contribution in [0.15, 0.2) is 186 Å². The van der Waals surface area contributed by atoms with Gasteiger partial charge in [-0.05, 0) is 105 Å². The maximum absolute atomic E-state index is 6.78. The van der Waals surface area contributed by atoms with Gasteiger partial charge in [0, 0.05) is 38.3 Å². The zero-order chi connectivity index (χ0) is 35.8. The first kappa shape index (κ1) is 29.1. The summed E-state index contributed by atoms with van der Waals surface area (Å²) < 4.78 is 11.7. The van der Waals surface area contributed by atoms with Crippen LogP contribution in [-0.2, 0) is 0 Å². The van der Waals surface area contributed by atoms with Crippen molar-refractivity contribution in [2.24, 2.45) is 0 Å². The van der Waals surface area contributed by atoms with E-state index in [1.165, 1.54) is 76.9 Å². The van der Waals surface area contributed by atoms with Crippen molar-refractivity contribution in [1.82, 2.24) is 9.13 Å². The smallest absolute Gasteiger partial charge is 0.145 e. The molecular weight excluding hydrogens is 669 g/mol. The molecule has 3 heterocycles. The third-order valence-electron chi connectivity index (χ3n) is 12.0. The van der Waals surface area contributed by atoms with E-state index in [0.717, 1.165) is 44.2 Å².